The number of nitrogens with zero attached hydrogens (tertiary/aromatic N) is 2. The molecule has 1 aliphatic heterocycles. The van der Waals surface area contributed by atoms with Crippen LogP contribution in [0.2, 0.25) is 0 Å². The summed E-state index contributed by atoms with van der Waals surface area (Å²) in [6, 6.07) is 3.47. The van der Waals surface area contributed by atoms with Gasteiger partial charge in [0, 0.05) is 25.4 Å². The molecule has 0 bridgehead atoms. The Labute approximate surface area is 118 Å². The van der Waals surface area contributed by atoms with E-state index in [0.29, 0.717) is 4.99 Å². The van der Waals surface area contributed by atoms with Crippen LogP contribution in [0.4, 0.5) is 5.82 Å². The lowest BCUT2D eigenvalue weighted by atomic mass is 10.0. The van der Waals surface area contributed by atoms with Gasteiger partial charge in [-0.2, -0.15) is 0 Å². The topological polar surface area (TPSA) is 71.2 Å². The molecule has 1 aliphatic rings. The SMILES string of the molecule is CNC(=O)C1CCCCN1c1cc(C(N)=S)ccn1. The Morgan fingerprint density at radius 1 is 1.58 bits per heavy atom. The molecule has 19 heavy (non-hydrogen) atoms. The molecule has 1 unspecified atom stereocenters. The Kier molecular flexibility index (Phi) is 4.31. The molecule has 2 rings (SSSR count). The lowest BCUT2D eigenvalue weighted by Gasteiger charge is -2.35. The first kappa shape index (κ1) is 13.7. The quantitative estimate of drug-likeness (QED) is 0.801. The Morgan fingerprint density at radius 2 is 2.37 bits per heavy atom. The summed E-state index contributed by atoms with van der Waals surface area (Å²) in [6.45, 7) is 0.825. The van der Waals surface area contributed by atoms with Crippen LogP contribution in [0.25, 0.3) is 0 Å². The van der Waals surface area contributed by atoms with Crippen molar-refractivity contribution in [3.63, 3.8) is 0 Å². The molecule has 1 aromatic rings. The fourth-order valence-electron chi connectivity index (χ4n) is 2.37. The second-order valence-corrected chi connectivity index (χ2v) is 5.03. The maximum Gasteiger partial charge on any atom is 0.242 e. The highest BCUT2D eigenvalue weighted by atomic mass is 32.1. The second kappa shape index (κ2) is 5.97. The van der Waals surface area contributed by atoms with Gasteiger partial charge in [0.1, 0.15) is 16.8 Å². The van der Waals surface area contributed by atoms with Gasteiger partial charge in [0.15, 0.2) is 0 Å². The largest absolute Gasteiger partial charge is 0.389 e. The van der Waals surface area contributed by atoms with E-state index in [-0.39, 0.29) is 11.9 Å². The molecule has 102 valence electrons. The van der Waals surface area contributed by atoms with E-state index in [0.717, 1.165) is 37.2 Å². The number of anilines is 1. The molecule has 1 fully saturated rings. The van der Waals surface area contributed by atoms with E-state index in [1.807, 2.05) is 11.0 Å². The molecule has 6 heteroatoms. The third-order valence-corrected chi connectivity index (χ3v) is 3.61. The Hall–Kier alpha value is -1.69. The van der Waals surface area contributed by atoms with E-state index in [2.05, 4.69) is 10.3 Å². The third-order valence-electron chi connectivity index (χ3n) is 3.38. The highest BCUT2D eigenvalue weighted by Gasteiger charge is 2.28. The average molecular weight is 278 g/mol. The summed E-state index contributed by atoms with van der Waals surface area (Å²) in [5.74, 6) is 0.792. The lowest BCUT2D eigenvalue weighted by molar-refractivity contribution is -0.122. The Morgan fingerprint density at radius 3 is 3.05 bits per heavy atom. The van der Waals surface area contributed by atoms with Crippen LogP contribution >= 0.6 is 12.2 Å². The Balaban J connectivity index is 2.29. The number of aromatic nitrogens is 1. The summed E-state index contributed by atoms with van der Waals surface area (Å²) in [4.78, 5) is 18.7. The summed E-state index contributed by atoms with van der Waals surface area (Å²) in [5, 5.41) is 2.71. The number of rotatable bonds is 3. The van der Waals surface area contributed by atoms with Crippen LogP contribution in [0.1, 0.15) is 24.8 Å². The van der Waals surface area contributed by atoms with Crippen molar-refractivity contribution in [3.05, 3.63) is 23.9 Å². The molecule has 2 heterocycles. The molecule has 0 aromatic carbocycles. The van der Waals surface area contributed by atoms with Crippen LogP contribution in [0, 0.1) is 0 Å². The highest BCUT2D eigenvalue weighted by Crippen LogP contribution is 2.23. The van der Waals surface area contributed by atoms with Crippen LogP contribution in [0.15, 0.2) is 18.3 Å². The summed E-state index contributed by atoms with van der Waals surface area (Å²) in [7, 11) is 1.66. The van der Waals surface area contributed by atoms with Gasteiger partial charge in [0.2, 0.25) is 5.91 Å². The van der Waals surface area contributed by atoms with Gasteiger partial charge >= 0.3 is 0 Å². The van der Waals surface area contributed by atoms with Crippen molar-refractivity contribution in [2.75, 3.05) is 18.5 Å². The number of carbonyl (C=O) groups excluding carboxylic acids is 1. The molecule has 0 aliphatic carbocycles. The number of likely N-dealkylation sites (N-methyl/N-ethyl adjacent to an activating group) is 1. The van der Waals surface area contributed by atoms with Crippen LogP contribution in [-0.2, 0) is 4.79 Å². The normalized spacial score (nSPS) is 19.0. The number of piperidine rings is 1. The van der Waals surface area contributed by atoms with E-state index in [4.69, 9.17) is 18.0 Å². The van der Waals surface area contributed by atoms with Gasteiger partial charge in [-0.15, -0.1) is 0 Å². The number of hydrogen-bond donors (Lipinski definition) is 2. The molecule has 0 radical (unpaired) electrons. The monoisotopic (exact) mass is 278 g/mol. The van der Waals surface area contributed by atoms with Gasteiger partial charge in [-0.25, -0.2) is 4.98 Å². The number of pyridine rings is 1. The molecule has 1 amide bonds. The van der Waals surface area contributed by atoms with Gasteiger partial charge < -0.3 is 16.0 Å². The summed E-state index contributed by atoms with van der Waals surface area (Å²) >= 11 is 4.98. The van der Waals surface area contributed by atoms with E-state index >= 15 is 0 Å². The molecular formula is C13H18N4OS. The van der Waals surface area contributed by atoms with Crippen molar-refractivity contribution < 1.29 is 4.79 Å². The first-order valence-electron chi connectivity index (χ1n) is 6.37. The van der Waals surface area contributed by atoms with Gasteiger partial charge in [-0.3, -0.25) is 4.79 Å². The van der Waals surface area contributed by atoms with Crippen LogP contribution in [-0.4, -0.2) is 35.5 Å². The van der Waals surface area contributed by atoms with Crippen LogP contribution < -0.4 is 16.0 Å². The average Bonchev–Trinajstić information content (AvgIpc) is 2.46. The van der Waals surface area contributed by atoms with Crippen LogP contribution in [0.5, 0.6) is 0 Å². The van der Waals surface area contributed by atoms with E-state index in [1.165, 1.54) is 0 Å². The first-order valence-corrected chi connectivity index (χ1v) is 6.78. The number of nitrogens with one attached hydrogen (secondary N) is 1. The summed E-state index contributed by atoms with van der Waals surface area (Å²) in [5.41, 5.74) is 6.42. The maximum absolute atomic E-state index is 11.9. The number of hydrogen-bond acceptors (Lipinski definition) is 4. The molecule has 5 nitrogen and oxygen atoms in total. The molecular weight excluding hydrogens is 260 g/mol. The van der Waals surface area contributed by atoms with Gasteiger partial charge in [0.25, 0.3) is 0 Å². The van der Waals surface area contributed by atoms with Gasteiger partial charge in [-0.05, 0) is 31.4 Å². The number of carbonyl (C=O) groups is 1. The lowest BCUT2D eigenvalue weighted by Crippen LogP contribution is -2.49. The van der Waals surface area contributed by atoms with Crippen molar-refractivity contribution >= 4 is 28.9 Å². The minimum Gasteiger partial charge on any atom is -0.389 e. The van der Waals surface area contributed by atoms with E-state index in [9.17, 15) is 4.79 Å². The molecule has 0 saturated carbocycles. The number of thiocarbonyl (C=S) groups is 1. The molecule has 3 N–H and O–H groups in total. The Bertz CT molecular complexity index is 491. The molecule has 0 spiro atoms. The molecule has 1 atom stereocenters. The zero-order chi connectivity index (χ0) is 13.8. The summed E-state index contributed by atoms with van der Waals surface area (Å²) in [6.07, 6.45) is 4.65. The van der Waals surface area contributed by atoms with Crippen LogP contribution in [0.3, 0.4) is 0 Å². The third kappa shape index (κ3) is 3.01. The van der Waals surface area contributed by atoms with E-state index in [1.54, 1.807) is 19.3 Å². The smallest absolute Gasteiger partial charge is 0.242 e. The minimum atomic E-state index is -0.159. The predicted molar refractivity (Wildman–Crippen MR) is 79.2 cm³/mol. The standard InChI is InChI=1S/C13H18N4OS/c1-15-13(18)10-4-2-3-7-17(10)11-8-9(12(14)19)5-6-16-11/h5-6,8,10H,2-4,7H2,1H3,(H2,14,19)(H,15,18). The predicted octanol–water partition coefficient (Wildman–Crippen LogP) is 0.821. The minimum absolute atomic E-state index is 0.0298. The zero-order valence-corrected chi connectivity index (χ0v) is 11.7. The summed E-state index contributed by atoms with van der Waals surface area (Å²) < 4.78 is 0. The molecule has 1 aromatic heterocycles. The van der Waals surface area contributed by atoms with Crippen molar-refractivity contribution in [2.24, 2.45) is 5.73 Å². The van der Waals surface area contributed by atoms with Crippen molar-refractivity contribution in [1.29, 1.82) is 0 Å². The zero-order valence-electron chi connectivity index (χ0n) is 10.9. The van der Waals surface area contributed by atoms with Crippen molar-refractivity contribution in [1.82, 2.24) is 10.3 Å². The first-order chi connectivity index (χ1) is 9.13. The van der Waals surface area contributed by atoms with Crippen molar-refractivity contribution in [3.8, 4) is 0 Å². The fraction of sp³-hybridized carbons (Fsp3) is 0.462. The maximum atomic E-state index is 11.9. The highest BCUT2D eigenvalue weighted by molar-refractivity contribution is 7.80. The van der Waals surface area contributed by atoms with Gasteiger partial charge in [-0.1, -0.05) is 12.2 Å². The number of nitrogens with two attached hydrogens (primary N) is 1. The number of amides is 1. The molecule has 1 saturated heterocycles. The van der Waals surface area contributed by atoms with Crippen molar-refractivity contribution in [2.45, 2.75) is 25.3 Å². The second-order valence-electron chi connectivity index (χ2n) is 4.59. The fourth-order valence-corrected chi connectivity index (χ4v) is 2.50. The van der Waals surface area contributed by atoms with Gasteiger partial charge in [0.05, 0.1) is 0 Å². The van der Waals surface area contributed by atoms with E-state index < -0.39 is 0 Å².